The van der Waals surface area contributed by atoms with Gasteiger partial charge in [-0.1, -0.05) is 6.92 Å². The summed E-state index contributed by atoms with van der Waals surface area (Å²) in [5.41, 5.74) is 0.652. The van der Waals surface area contributed by atoms with E-state index in [0.29, 0.717) is 17.5 Å². The van der Waals surface area contributed by atoms with Gasteiger partial charge in [-0.2, -0.15) is 0 Å². The topological polar surface area (TPSA) is 40.5 Å². The summed E-state index contributed by atoms with van der Waals surface area (Å²) in [6.45, 7) is 5.09. The monoisotopic (exact) mass is 219 g/mol. The highest BCUT2D eigenvalue weighted by molar-refractivity contribution is 5.94. The fraction of sp³-hybridized carbons (Fsp3) is 0.462. The van der Waals surface area contributed by atoms with Crippen molar-refractivity contribution in [3.05, 3.63) is 29.8 Å². The predicted molar refractivity (Wildman–Crippen MR) is 62.4 cm³/mol. The molecule has 1 aromatic carbocycles. The first-order valence-electron chi connectivity index (χ1n) is 5.68. The van der Waals surface area contributed by atoms with Crippen LogP contribution < -0.4 is 0 Å². The largest absolute Gasteiger partial charge is 0.508 e. The van der Waals surface area contributed by atoms with Crippen molar-refractivity contribution in [2.45, 2.75) is 26.3 Å². The van der Waals surface area contributed by atoms with Crippen molar-refractivity contribution in [2.24, 2.45) is 5.92 Å². The summed E-state index contributed by atoms with van der Waals surface area (Å²) in [5, 5.41) is 9.17. The van der Waals surface area contributed by atoms with Crippen molar-refractivity contribution in [3.63, 3.8) is 0 Å². The molecule has 1 amide bonds. The SMILES string of the molecule is CC1CC(C)N(C(=O)c2ccc(O)cc2)C1. The number of phenols is 1. The lowest BCUT2D eigenvalue weighted by Crippen LogP contribution is -2.33. The summed E-state index contributed by atoms with van der Waals surface area (Å²) in [6, 6.07) is 6.77. The van der Waals surface area contributed by atoms with Crippen molar-refractivity contribution >= 4 is 5.91 Å². The van der Waals surface area contributed by atoms with Crippen LogP contribution in [-0.2, 0) is 0 Å². The Balaban J connectivity index is 2.16. The molecule has 0 aromatic heterocycles. The molecular weight excluding hydrogens is 202 g/mol. The molecule has 1 aliphatic rings. The Labute approximate surface area is 95.7 Å². The van der Waals surface area contributed by atoms with Gasteiger partial charge in [0, 0.05) is 18.2 Å². The number of hydrogen-bond acceptors (Lipinski definition) is 2. The molecule has 1 fully saturated rings. The summed E-state index contributed by atoms with van der Waals surface area (Å²) in [6.07, 6.45) is 1.07. The number of amides is 1. The van der Waals surface area contributed by atoms with Gasteiger partial charge in [0.05, 0.1) is 0 Å². The number of hydrogen-bond donors (Lipinski definition) is 1. The van der Waals surface area contributed by atoms with Crippen molar-refractivity contribution in [3.8, 4) is 5.75 Å². The predicted octanol–water partition coefficient (Wildman–Crippen LogP) is 2.26. The number of nitrogens with zero attached hydrogens (tertiary/aromatic N) is 1. The van der Waals surface area contributed by atoms with Gasteiger partial charge in [0.1, 0.15) is 5.75 Å². The molecule has 1 saturated heterocycles. The first kappa shape index (κ1) is 11.0. The molecule has 1 aliphatic heterocycles. The number of likely N-dealkylation sites (tertiary alicyclic amines) is 1. The molecule has 3 heteroatoms. The summed E-state index contributed by atoms with van der Waals surface area (Å²) < 4.78 is 0. The highest BCUT2D eigenvalue weighted by Gasteiger charge is 2.30. The maximum atomic E-state index is 12.2. The van der Waals surface area contributed by atoms with Crippen molar-refractivity contribution in [1.29, 1.82) is 0 Å². The van der Waals surface area contributed by atoms with Crippen LogP contribution in [0, 0.1) is 5.92 Å². The lowest BCUT2D eigenvalue weighted by molar-refractivity contribution is 0.0744. The summed E-state index contributed by atoms with van der Waals surface area (Å²) in [4.78, 5) is 14.1. The zero-order valence-electron chi connectivity index (χ0n) is 9.68. The van der Waals surface area contributed by atoms with E-state index in [2.05, 4.69) is 13.8 Å². The number of rotatable bonds is 1. The molecule has 0 aliphatic carbocycles. The van der Waals surface area contributed by atoms with Gasteiger partial charge in [-0.3, -0.25) is 4.79 Å². The Hall–Kier alpha value is -1.51. The summed E-state index contributed by atoms with van der Waals surface area (Å²) in [5.74, 6) is 0.840. The second-order valence-corrected chi connectivity index (χ2v) is 4.69. The van der Waals surface area contributed by atoms with Crippen LogP contribution in [0.25, 0.3) is 0 Å². The van der Waals surface area contributed by atoms with Crippen LogP contribution >= 0.6 is 0 Å². The van der Waals surface area contributed by atoms with E-state index in [1.165, 1.54) is 0 Å². The quantitative estimate of drug-likeness (QED) is 0.787. The van der Waals surface area contributed by atoms with E-state index in [1.807, 2.05) is 4.90 Å². The minimum atomic E-state index is 0.0665. The summed E-state index contributed by atoms with van der Waals surface area (Å²) in [7, 11) is 0. The molecule has 1 aromatic rings. The normalized spacial score (nSPS) is 24.8. The number of benzene rings is 1. The zero-order valence-corrected chi connectivity index (χ0v) is 9.68. The number of phenolic OH excluding ortho intramolecular Hbond substituents is 1. The molecule has 1 heterocycles. The van der Waals surface area contributed by atoms with Gasteiger partial charge in [-0.15, -0.1) is 0 Å². The van der Waals surface area contributed by atoms with E-state index < -0.39 is 0 Å². The third kappa shape index (κ3) is 2.03. The second-order valence-electron chi connectivity index (χ2n) is 4.69. The van der Waals surface area contributed by atoms with E-state index in [1.54, 1.807) is 24.3 Å². The van der Waals surface area contributed by atoms with Gasteiger partial charge in [0.2, 0.25) is 0 Å². The summed E-state index contributed by atoms with van der Waals surface area (Å²) >= 11 is 0. The standard InChI is InChI=1S/C13H17NO2/c1-9-7-10(2)14(8-9)13(16)11-3-5-12(15)6-4-11/h3-6,9-10,15H,7-8H2,1-2H3. The number of carbonyl (C=O) groups excluding carboxylic acids is 1. The highest BCUT2D eigenvalue weighted by atomic mass is 16.3. The lowest BCUT2D eigenvalue weighted by Gasteiger charge is -2.21. The van der Waals surface area contributed by atoms with Gasteiger partial charge < -0.3 is 10.0 Å². The van der Waals surface area contributed by atoms with Gasteiger partial charge in [0.25, 0.3) is 5.91 Å². The molecule has 2 rings (SSSR count). The van der Waals surface area contributed by atoms with E-state index in [9.17, 15) is 9.90 Å². The van der Waals surface area contributed by atoms with E-state index >= 15 is 0 Å². The molecule has 16 heavy (non-hydrogen) atoms. The Kier molecular flexibility index (Phi) is 2.86. The van der Waals surface area contributed by atoms with Crippen LogP contribution in [-0.4, -0.2) is 28.5 Å². The van der Waals surface area contributed by atoms with Crippen LogP contribution in [0.15, 0.2) is 24.3 Å². The molecule has 0 spiro atoms. The number of carbonyl (C=O) groups is 1. The molecule has 1 N–H and O–H groups in total. The third-order valence-corrected chi connectivity index (χ3v) is 3.16. The molecular formula is C13H17NO2. The van der Waals surface area contributed by atoms with Crippen LogP contribution in [0.3, 0.4) is 0 Å². The first-order chi connectivity index (χ1) is 7.58. The van der Waals surface area contributed by atoms with Gasteiger partial charge in [-0.05, 0) is 43.5 Å². The van der Waals surface area contributed by atoms with Crippen molar-refractivity contribution in [1.82, 2.24) is 4.90 Å². The molecule has 0 bridgehead atoms. The van der Waals surface area contributed by atoms with Crippen LogP contribution in [0.1, 0.15) is 30.6 Å². The average Bonchev–Trinajstić information content (AvgIpc) is 2.58. The average molecular weight is 219 g/mol. The molecule has 86 valence electrons. The number of aromatic hydroxyl groups is 1. The van der Waals surface area contributed by atoms with Gasteiger partial charge >= 0.3 is 0 Å². The molecule has 2 atom stereocenters. The van der Waals surface area contributed by atoms with Crippen LogP contribution in [0.2, 0.25) is 0 Å². The Morgan fingerprint density at radius 1 is 1.31 bits per heavy atom. The highest BCUT2D eigenvalue weighted by Crippen LogP contribution is 2.24. The first-order valence-corrected chi connectivity index (χ1v) is 5.68. The van der Waals surface area contributed by atoms with E-state index in [4.69, 9.17) is 0 Å². The maximum Gasteiger partial charge on any atom is 0.254 e. The van der Waals surface area contributed by atoms with Gasteiger partial charge in [0.15, 0.2) is 0 Å². The molecule has 0 saturated carbocycles. The lowest BCUT2D eigenvalue weighted by atomic mass is 10.1. The Morgan fingerprint density at radius 2 is 1.94 bits per heavy atom. The third-order valence-electron chi connectivity index (χ3n) is 3.16. The van der Waals surface area contributed by atoms with Crippen molar-refractivity contribution < 1.29 is 9.90 Å². The molecule has 0 radical (unpaired) electrons. The minimum Gasteiger partial charge on any atom is -0.508 e. The fourth-order valence-electron chi connectivity index (χ4n) is 2.35. The Morgan fingerprint density at radius 3 is 2.44 bits per heavy atom. The zero-order chi connectivity index (χ0) is 11.7. The molecule has 3 nitrogen and oxygen atoms in total. The smallest absolute Gasteiger partial charge is 0.254 e. The van der Waals surface area contributed by atoms with E-state index in [-0.39, 0.29) is 11.7 Å². The Bertz CT molecular complexity index is 385. The second kappa shape index (κ2) is 4.16. The maximum absolute atomic E-state index is 12.2. The van der Waals surface area contributed by atoms with Crippen molar-refractivity contribution in [2.75, 3.05) is 6.54 Å². The van der Waals surface area contributed by atoms with Crippen LogP contribution in [0.5, 0.6) is 5.75 Å². The molecule has 2 unspecified atom stereocenters. The van der Waals surface area contributed by atoms with Gasteiger partial charge in [-0.25, -0.2) is 0 Å². The fourth-order valence-corrected chi connectivity index (χ4v) is 2.35. The minimum absolute atomic E-state index is 0.0665. The van der Waals surface area contributed by atoms with Crippen LogP contribution in [0.4, 0.5) is 0 Å². The van der Waals surface area contributed by atoms with E-state index in [0.717, 1.165) is 13.0 Å².